The average Bonchev–Trinajstić information content (AvgIpc) is 3.55. The van der Waals surface area contributed by atoms with Gasteiger partial charge >= 0.3 is 12.1 Å². The zero-order valence-electron chi connectivity index (χ0n) is 26.3. The Morgan fingerprint density at radius 3 is 2.58 bits per heavy atom. The van der Waals surface area contributed by atoms with Gasteiger partial charge in [0.1, 0.15) is 35.1 Å². The molecule has 4 rings (SSSR count). The number of hydrogen-bond acceptors (Lipinski definition) is 7. The minimum Gasteiger partial charge on any atom is -0.488 e. The van der Waals surface area contributed by atoms with E-state index in [-0.39, 0.29) is 19.4 Å². The first kappa shape index (κ1) is 33.5. The summed E-state index contributed by atoms with van der Waals surface area (Å²) in [7, 11) is 0. The molecule has 3 N–H and O–H groups in total. The predicted molar refractivity (Wildman–Crippen MR) is 170 cm³/mol. The number of nitrogens with one attached hydrogen (secondary N) is 2. The molecule has 1 aliphatic heterocycles. The summed E-state index contributed by atoms with van der Waals surface area (Å²) < 4.78 is 11.8. The van der Waals surface area contributed by atoms with E-state index in [1.54, 1.807) is 33.0 Å². The van der Waals surface area contributed by atoms with E-state index < -0.39 is 59.1 Å². The number of benzene rings is 1. The van der Waals surface area contributed by atoms with Crippen molar-refractivity contribution in [2.45, 2.75) is 95.0 Å². The van der Waals surface area contributed by atoms with Crippen LogP contribution in [0.3, 0.4) is 0 Å². The normalized spacial score (nSPS) is 23.1. The Bertz CT molecular complexity index is 1430. The second-order valence-electron chi connectivity index (χ2n) is 12.7. The highest BCUT2D eigenvalue weighted by atomic mass is 16.6. The Hall–Kier alpha value is -4.41. The van der Waals surface area contributed by atoms with Crippen molar-refractivity contribution in [3.8, 4) is 5.75 Å². The first-order chi connectivity index (χ1) is 21.4. The monoisotopic (exact) mass is 620 g/mol. The maximum Gasteiger partial charge on any atom is 0.408 e. The molecule has 11 nitrogen and oxygen atoms in total. The van der Waals surface area contributed by atoms with Gasteiger partial charge in [0.05, 0.1) is 12.1 Å². The Balaban J connectivity index is 1.60. The van der Waals surface area contributed by atoms with E-state index in [1.807, 2.05) is 30.3 Å². The number of para-hydroxylation sites is 1. The first-order valence-electron chi connectivity index (χ1n) is 15.5. The quantitative estimate of drug-likeness (QED) is 0.202. The number of carboxylic acids is 1. The topological polar surface area (TPSA) is 147 Å². The van der Waals surface area contributed by atoms with Crippen molar-refractivity contribution >= 4 is 34.8 Å². The summed E-state index contributed by atoms with van der Waals surface area (Å²) in [5.74, 6) is -2.08. The molecule has 0 bridgehead atoms. The van der Waals surface area contributed by atoms with Crippen LogP contribution in [0.2, 0.25) is 0 Å². The van der Waals surface area contributed by atoms with E-state index >= 15 is 0 Å². The van der Waals surface area contributed by atoms with Crippen molar-refractivity contribution in [1.29, 1.82) is 0 Å². The summed E-state index contributed by atoms with van der Waals surface area (Å²) in [6.45, 7) is 12.7. The second-order valence-corrected chi connectivity index (χ2v) is 12.7. The number of likely N-dealkylation sites (tertiary alicyclic amines) is 1. The highest BCUT2D eigenvalue weighted by Crippen LogP contribution is 2.45. The molecule has 1 aromatic heterocycles. The van der Waals surface area contributed by atoms with Crippen molar-refractivity contribution in [2.24, 2.45) is 5.92 Å². The highest BCUT2D eigenvalue weighted by molar-refractivity contribution is 5.96. The fourth-order valence-corrected chi connectivity index (χ4v) is 5.77. The number of pyridine rings is 1. The summed E-state index contributed by atoms with van der Waals surface area (Å²) in [6.07, 6.45) is 7.54. The molecule has 3 amide bonds. The molecule has 0 radical (unpaired) electrons. The Kier molecular flexibility index (Phi) is 10.5. The van der Waals surface area contributed by atoms with Crippen LogP contribution < -0.4 is 15.4 Å². The van der Waals surface area contributed by atoms with Gasteiger partial charge in [-0.2, -0.15) is 0 Å². The lowest BCUT2D eigenvalue weighted by Gasteiger charge is -2.30. The number of rotatable bonds is 14. The number of carboxylic acid groups (broad SMARTS) is 1. The first-order valence-corrected chi connectivity index (χ1v) is 15.5. The van der Waals surface area contributed by atoms with Crippen molar-refractivity contribution in [2.75, 3.05) is 6.54 Å². The Morgan fingerprint density at radius 2 is 1.91 bits per heavy atom. The van der Waals surface area contributed by atoms with Gasteiger partial charge in [-0.1, -0.05) is 37.1 Å². The lowest BCUT2D eigenvalue weighted by atomic mass is 10.0. The van der Waals surface area contributed by atoms with Crippen LogP contribution in [0, 0.1) is 5.92 Å². The van der Waals surface area contributed by atoms with Gasteiger partial charge in [0, 0.05) is 23.9 Å². The summed E-state index contributed by atoms with van der Waals surface area (Å²) >= 11 is 0. The molecule has 2 aliphatic rings. The largest absolute Gasteiger partial charge is 0.488 e. The fraction of sp³-hybridized carbons (Fsp3) is 0.500. The summed E-state index contributed by atoms with van der Waals surface area (Å²) in [4.78, 5) is 58.7. The molecule has 11 heteroatoms. The number of hydrogen-bond donors (Lipinski definition) is 3. The summed E-state index contributed by atoms with van der Waals surface area (Å²) in [6, 6.07) is 7.23. The third kappa shape index (κ3) is 8.20. The van der Waals surface area contributed by atoms with Gasteiger partial charge in [-0.25, -0.2) is 9.59 Å². The number of ether oxygens (including phenoxy) is 2. The molecule has 2 heterocycles. The van der Waals surface area contributed by atoms with Crippen LogP contribution in [-0.4, -0.2) is 74.7 Å². The lowest BCUT2D eigenvalue weighted by molar-refractivity contribution is -0.145. The Morgan fingerprint density at radius 1 is 1.16 bits per heavy atom. The van der Waals surface area contributed by atoms with Crippen molar-refractivity contribution in [3.05, 3.63) is 61.8 Å². The standard InChI is InChI=1S/C34H44N4O7/c1-6-8-9-10-11-16-26(36-32(43)45-33(3,4)5)30(40)38-21-23(44-28-17-18-35-25-15-13-12-14-24(25)28)19-27(38)29(39)37-34(31(41)42)20-22(34)7-2/h6-7,12-15,17-18,22-23,26-27H,1-2,8-11,16,19-21H2,3-5H3,(H,36,43)(H,37,39)(H,41,42)/t22-,23+,26-,27-,34+/m0/s1. The number of alkyl carbamates (subject to hydrolysis) is 1. The fourth-order valence-electron chi connectivity index (χ4n) is 5.77. The molecule has 1 saturated carbocycles. The van der Waals surface area contributed by atoms with Crippen LogP contribution in [0.1, 0.15) is 65.7 Å². The van der Waals surface area contributed by atoms with Crippen molar-refractivity contribution in [3.63, 3.8) is 0 Å². The molecule has 2 aromatic rings. The molecule has 45 heavy (non-hydrogen) atoms. The molecule has 0 spiro atoms. The van der Waals surface area contributed by atoms with Crippen molar-refractivity contribution in [1.82, 2.24) is 20.5 Å². The van der Waals surface area contributed by atoms with E-state index in [0.717, 1.165) is 30.2 Å². The van der Waals surface area contributed by atoms with E-state index in [1.165, 1.54) is 11.0 Å². The molecular formula is C34H44N4O7. The van der Waals surface area contributed by atoms with Crippen LogP contribution in [0.25, 0.3) is 10.9 Å². The number of nitrogens with zero attached hydrogens (tertiary/aromatic N) is 2. The smallest absolute Gasteiger partial charge is 0.408 e. The van der Waals surface area contributed by atoms with Crippen LogP contribution in [0.4, 0.5) is 4.79 Å². The minimum absolute atomic E-state index is 0.0570. The van der Waals surface area contributed by atoms with Gasteiger partial charge in [-0.15, -0.1) is 13.2 Å². The number of carbonyl (C=O) groups is 4. The molecule has 5 atom stereocenters. The zero-order chi connectivity index (χ0) is 32.8. The van der Waals surface area contributed by atoms with Gasteiger partial charge in [0.25, 0.3) is 0 Å². The zero-order valence-corrected chi connectivity index (χ0v) is 26.3. The number of amides is 3. The third-order valence-electron chi connectivity index (χ3n) is 8.17. The summed E-state index contributed by atoms with van der Waals surface area (Å²) in [5, 5.41) is 16.1. The van der Waals surface area contributed by atoms with E-state index in [2.05, 4.69) is 28.8 Å². The van der Waals surface area contributed by atoms with Gasteiger partial charge < -0.3 is 30.1 Å². The molecule has 242 valence electrons. The second kappa shape index (κ2) is 14.1. The molecule has 1 saturated heterocycles. The van der Waals surface area contributed by atoms with Gasteiger partial charge in [0.15, 0.2) is 0 Å². The number of aliphatic carboxylic acids is 1. The number of fused-ring (bicyclic) bond motifs is 1. The number of aromatic nitrogens is 1. The molecule has 1 aliphatic carbocycles. The average molecular weight is 621 g/mol. The van der Waals surface area contributed by atoms with Crippen LogP contribution in [-0.2, 0) is 19.1 Å². The lowest BCUT2D eigenvalue weighted by Crippen LogP contribution is -2.56. The van der Waals surface area contributed by atoms with Gasteiger partial charge in [-0.3, -0.25) is 14.6 Å². The van der Waals surface area contributed by atoms with Gasteiger partial charge in [0.2, 0.25) is 11.8 Å². The molecule has 0 unspecified atom stereocenters. The maximum atomic E-state index is 14.2. The summed E-state index contributed by atoms with van der Waals surface area (Å²) in [5.41, 5.74) is -1.50. The number of allylic oxidation sites excluding steroid dienone is 1. The molecule has 2 fully saturated rings. The van der Waals surface area contributed by atoms with E-state index in [4.69, 9.17) is 9.47 Å². The molecular weight excluding hydrogens is 576 g/mol. The van der Waals surface area contributed by atoms with Crippen molar-refractivity contribution < 1.29 is 33.8 Å². The van der Waals surface area contributed by atoms with E-state index in [9.17, 15) is 24.3 Å². The SMILES string of the molecule is C=CCCCCC[C@H](NC(=O)OC(C)(C)C)C(=O)N1C[C@H](Oc2ccnc3ccccc23)C[C@H]1C(=O)N[C@]1(C(=O)O)C[C@@H]1C=C. The van der Waals surface area contributed by atoms with Crippen LogP contribution in [0.15, 0.2) is 61.8 Å². The maximum absolute atomic E-state index is 14.2. The number of unbranched alkanes of at least 4 members (excludes halogenated alkanes) is 3. The molecule has 1 aromatic carbocycles. The van der Waals surface area contributed by atoms with Gasteiger partial charge in [-0.05, 0) is 64.7 Å². The third-order valence-corrected chi connectivity index (χ3v) is 8.17. The van der Waals surface area contributed by atoms with Crippen LogP contribution in [0.5, 0.6) is 5.75 Å². The number of carbonyl (C=O) groups excluding carboxylic acids is 3. The predicted octanol–water partition coefficient (Wildman–Crippen LogP) is 4.76. The highest BCUT2D eigenvalue weighted by Gasteiger charge is 2.61. The van der Waals surface area contributed by atoms with E-state index in [0.29, 0.717) is 18.6 Å². The van der Waals surface area contributed by atoms with Crippen LogP contribution >= 0.6 is 0 Å². The Labute approximate surface area is 264 Å². The minimum atomic E-state index is -1.47.